The van der Waals surface area contributed by atoms with Gasteiger partial charge in [0.25, 0.3) is 5.56 Å². The normalized spacial score (nSPS) is 13.8. The van der Waals surface area contributed by atoms with Crippen LogP contribution in [0.5, 0.6) is 5.75 Å². The summed E-state index contributed by atoms with van der Waals surface area (Å²) >= 11 is 0. The largest absolute Gasteiger partial charge is 0.496 e. The molecule has 32 heavy (non-hydrogen) atoms. The minimum atomic E-state index is -0.299. The first-order valence-corrected chi connectivity index (χ1v) is 10.8. The molecule has 2 heterocycles. The summed E-state index contributed by atoms with van der Waals surface area (Å²) in [5, 5.41) is 8.24. The summed E-state index contributed by atoms with van der Waals surface area (Å²) in [7, 11) is 1.61. The Morgan fingerprint density at radius 3 is 2.44 bits per heavy atom. The van der Waals surface area contributed by atoms with Crippen LogP contribution in [0, 0.1) is 0 Å². The van der Waals surface area contributed by atoms with Gasteiger partial charge in [0.05, 0.1) is 7.11 Å². The fraction of sp³-hybridized carbons (Fsp3) is 0.333. The molecule has 8 heteroatoms. The molecule has 0 aliphatic carbocycles. The molecule has 0 bridgehead atoms. The molecule has 1 amide bonds. The highest BCUT2D eigenvalue weighted by molar-refractivity contribution is 5.76. The number of ether oxygens (including phenoxy) is 1. The highest BCUT2D eigenvalue weighted by atomic mass is 16.5. The third kappa shape index (κ3) is 5.14. The second-order valence-corrected chi connectivity index (χ2v) is 7.74. The zero-order valence-corrected chi connectivity index (χ0v) is 18.2. The van der Waals surface area contributed by atoms with E-state index in [1.807, 2.05) is 47.4 Å². The molecule has 0 saturated carbocycles. The highest BCUT2D eigenvalue weighted by Gasteiger charge is 2.21. The lowest BCUT2D eigenvalue weighted by molar-refractivity contribution is -0.131. The Bertz CT molecular complexity index is 1110. The van der Waals surface area contributed by atoms with Gasteiger partial charge in [0, 0.05) is 56.7 Å². The number of aromatic nitrogens is 3. The predicted molar refractivity (Wildman–Crippen MR) is 122 cm³/mol. The van der Waals surface area contributed by atoms with E-state index in [2.05, 4.69) is 32.2 Å². The number of benzene rings is 2. The molecular formula is C24H27N5O3. The van der Waals surface area contributed by atoms with Gasteiger partial charge in [-0.1, -0.05) is 36.4 Å². The maximum absolute atomic E-state index is 12.6. The topological polar surface area (TPSA) is 91.4 Å². The van der Waals surface area contributed by atoms with Crippen molar-refractivity contribution < 1.29 is 9.53 Å². The number of nitrogens with zero attached hydrogens (tertiary/aromatic N) is 4. The van der Waals surface area contributed by atoms with Crippen LogP contribution in [-0.2, 0) is 17.6 Å². The van der Waals surface area contributed by atoms with Crippen molar-refractivity contribution in [3.63, 3.8) is 0 Å². The van der Waals surface area contributed by atoms with Crippen LogP contribution in [0.1, 0.15) is 23.5 Å². The number of carbonyl (C=O) groups excluding carboxylic acids is 1. The Hall–Kier alpha value is -3.68. The van der Waals surface area contributed by atoms with E-state index in [1.54, 1.807) is 7.11 Å². The Kier molecular flexibility index (Phi) is 6.79. The number of piperazine rings is 1. The summed E-state index contributed by atoms with van der Waals surface area (Å²) in [5.41, 5.74) is 2.07. The van der Waals surface area contributed by atoms with Gasteiger partial charge >= 0.3 is 0 Å². The Labute approximate surface area is 186 Å². The third-order valence-electron chi connectivity index (χ3n) is 5.69. The first-order valence-electron chi connectivity index (χ1n) is 10.8. The molecule has 4 rings (SSSR count). The van der Waals surface area contributed by atoms with Crippen LogP contribution >= 0.6 is 0 Å². The van der Waals surface area contributed by atoms with Crippen LogP contribution in [0.2, 0.25) is 0 Å². The molecule has 1 aromatic heterocycles. The van der Waals surface area contributed by atoms with Gasteiger partial charge in [0.1, 0.15) is 17.3 Å². The van der Waals surface area contributed by atoms with E-state index in [4.69, 9.17) is 4.74 Å². The average Bonchev–Trinajstić information content (AvgIpc) is 2.84. The van der Waals surface area contributed by atoms with Crippen molar-refractivity contribution in [1.82, 2.24) is 20.1 Å². The van der Waals surface area contributed by atoms with Gasteiger partial charge in [-0.15, -0.1) is 10.2 Å². The van der Waals surface area contributed by atoms with Gasteiger partial charge in [-0.25, -0.2) is 0 Å². The van der Waals surface area contributed by atoms with Crippen molar-refractivity contribution in [1.29, 1.82) is 0 Å². The predicted octanol–water partition coefficient (Wildman–Crippen LogP) is 2.05. The molecule has 0 radical (unpaired) electrons. The molecule has 166 valence electrons. The van der Waals surface area contributed by atoms with Crippen LogP contribution in [0.25, 0.3) is 0 Å². The molecule has 1 aliphatic heterocycles. The van der Waals surface area contributed by atoms with E-state index >= 15 is 0 Å². The lowest BCUT2D eigenvalue weighted by atomic mass is 10.1. The number of amides is 1. The first kappa shape index (κ1) is 21.5. The lowest BCUT2D eigenvalue weighted by Crippen LogP contribution is -2.48. The standard InChI is InChI=1S/C24H27N5O3/c1-32-21-10-6-5-7-18(21)17-22-25-24(31)20(26-27-22)11-12-23(30)29-15-13-28(14-16-29)19-8-3-2-4-9-19/h2-10H,11-17H2,1H3,(H,25,27,31). The molecule has 2 aromatic carbocycles. The minimum absolute atomic E-state index is 0.0389. The fourth-order valence-corrected chi connectivity index (χ4v) is 3.90. The van der Waals surface area contributed by atoms with E-state index in [0.29, 0.717) is 25.3 Å². The average molecular weight is 434 g/mol. The van der Waals surface area contributed by atoms with Crippen LogP contribution in [0.4, 0.5) is 5.69 Å². The lowest BCUT2D eigenvalue weighted by Gasteiger charge is -2.36. The van der Waals surface area contributed by atoms with Gasteiger partial charge in [-0.05, 0) is 18.2 Å². The molecule has 0 spiro atoms. The molecule has 1 aliphatic rings. The number of aryl methyl sites for hydroxylation is 1. The van der Waals surface area contributed by atoms with Crippen molar-refractivity contribution in [2.24, 2.45) is 0 Å². The zero-order valence-electron chi connectivity index (χ0n) is 18.2. The molecule has 8 nitrogen and oxygen atoms in total. The van der Waals surface area contributed by atoms with Gasteiger partial charge < -0.3 is 19.5 Å². The number of hydrogen-bond donors (Lipinski definition) is 1. The molecular weight excluding hydrogens is 406 g/mol. The number of methoxy groups -OCH3 is 1. The summed E-state index contributed by atoms with van der Waals surface area (Å²) in [5.74, 6) is 1.24. The fourth-order valence-electron chi connectivity index (χ4n) is 3.90. The van der Waals surface area contributed by atoms with E-state index in [9.17, 15) is 9.59 Å². The molecule has 3 aromatic rings. The number of aromatic amines is 1. The minimum Gasteiger partial charge on any atom is -0.496 e. The Balaban J connectivity index is 1.30. The van der Waals surface area contributed by atoms with Crippen molar-refractivity contribution in [3.8, 4) is 5.75 Å². The van der Waals surface area contributed by atoms with Crippen molar-refractivity contribution >= 4 is 11.6 Å². The number of hydrogen-bond acceptors (Lipinski definition) is 6. The van der Waals surface area contributed by atoms with Gasteiger partial charge in [-0.3, -0.25) is 9.59 Å². The Morgan fingerprint density at radius 2 is 1.72 bits per heavy atom. The number of H-pyrrole nitrogens is 1. The highest BCUT2D eigenvalue weighted by Crippen LogP contribution is 2.19. The summed E-state index contributed by atoms with van der Waals surface area (Å²) < 4.78 is 5.34. The summed E-state index contributed by atoms with van der Waals surface area (Å²) in [6.45, 7) is 2.95. The maximum atomic E-state index is 12.6. The van der Waals surface area contributed by atoms with Crippen molar-refractivity contribution in [3.05, 3.63) is 82.0 Å². The first-order chi connectivity index (χ1) is 15.6. The number of anilines is 1. The molecule has 1 saturated heterocycles. The second-order valence-electron chi connectivity index (χ2n) is 7.74. The third-order valence-corrected chi connectivity index (χ3v) is 5.69. The van der Waals surface area contributed by atoms with Gasteiger partial charge in [0.15, 0.2) is 0 Å². The second kappa shape index (κ2) is 10.1. The van der Waals surface area contributed by atoms with Crippen molar-refractivity contribution in [2.45, 2.75) is 19.3 Å². The van der Waals surface area contributed by atoms with Gasteiger partial charge in [-0.2, -0.15) is 0 Å². The van der Waals surface area contributed by atoms with Gasteiger partial charge in [0.2, 0.25) is 5.91 Å². The maximum Gasteiger partial charge on any atom is 0.272 e. The van der Waals surface area contributed by atoms with Crippen LogP contribution < -0.4 is 15.2 Å². The van der Waals surface area contributed by atoms with E-state index in [0.717, 1.165) is 24.4 Å². The van der Waals surface area contributed by atoms with Crippen LogP contribution in [-0.4, -0.2) is 59.3 Å². The monoisotopic (exact) mass is 433 g/mol. The van der Waals surface area contributed by atoms with E-state index < -0.39 is 0 Å². The smallest absolute Gasteiger partial charge is 0.272 e. The summed E-state index contributed by atoms with van der Waals surface area (Å²) in [6.07, 6.45) is 0.932. The molecule has 0 atom stereocenters. The zero-order chi connectivity index (χ0) is 22.3. The van der Waals surface area contributed by atoms with Crippen molar-refractivity contribution in [2.75, 3.05) is 38.2 Å². The molecule has 1 N–H and O–H groups in total. The quantitative estimate of drug-likeness (QED) is 0.613. The number of nitrogens with one attached hydrogen (secondary N) is 1. The van der Waals surface area contributed by atoms with E-state index in [1.165, 1.54) is 5.69 Å². The summed E-state index contributed by atoms with van der Waals surface area (Å²) in [6, 6.07) is 17.8. The molecule has 1 fully saturated rings. The Morgan fingerprint density at radius 1 is 1.00 bits per heavy atom. The van der Waals surface area contributed by atoms with Crippen LogP contribution in [0.15, 0.2) is 59.4 Å². The number of para-hydroxylation sites is 2. The molecule has 0 unspecified atom stereocenters. The van der Waals surface area contributed by atoms with E-state index in [-0.39, 0.29) is 30.0 Å². The van der Waals surface area contributed by atoms with Crippen LogP contribution in [0.3, 0.4) is 0 Å². The number of carbonyl (C=O) groups is 1. The number of rotatable bonds is 7. The summed E-state index contributed by atoms with van der Waals surface area (Å²) in [4.78, 5) is 32.0. The SMILES string of the molecule is COc1ccccc1Cc1nnc(CCC(=O)N2CCN(c3ccccc3)CC2)c(=O)[nH]1.